The van der Waals surface area contributed by atoms with E-state index in [-0.39, 0.29) is 11.3 Å². The van der Waals surface area contributed by atoms with Crippen LogP contribution in [0.2, 0.25) is 0 Å². The van der Waals surface area contributed by atoms with Crippen LogP contribution in [0.5, 0.6) is 0 Å². The maximum Gasteiger partial charge on any atom is 0.234 e. The predicted molar refractivity (Wildman–Crippen MR) is 118 cm³/mol. The lowest BCUT2D eigenvalue weighted by atomic mass is 10.1. The molecule has 1 aliphatic heterocycles. The minimum atomic E-state index is -0.115. The Morgan fingerprint density at radius 1 is 1.03 bits per heavy atom. The van der Waals surface area contributed by atoms with Gasteiger partial charge in [0.2, 0.25) is 5.91 Å². The van der Waals surface area contributed by atoms with Gasteiger partial charge in [-0.25, -0.2) is 4.68 Å². The van der Waals surface area contributed by atoms with Crippen LogP contribution in [0.3, 0.4) is 0 Å². The Morgan fingerprint density at radius 2 is 1.77 bits per heavy atom. The van der Waals surface area contributed by atoms with Crippen LogP contribution in [0.25, 0.3) is 17.1 Å². The van der Waals surface area contributed by atoms with Gasteiger partial charge in [-0.1, -0.05) is 48.5 Å². The van der Waals surface area contributed by atoms with Gasteiger partial charge in [-0.3, -0.25) is 4.79 Å². The van der Waals surface area contributed by atoms with E-state index in [0.29, 0.717) is 12.3 Å². The fraction of sp³-hybridized carbons (Fsp3) is 0.167. The fourth-order valence-corrected chi connectivity index (χ4v) is 4.89. The number of hydrogen-bond acceptors (Lipinski definition) is 4. The quantitative estimate of drug-likeness (QED) is 0.449. The maximum atomic E-state index is 12.7. The van der Waals surface area contributed by atoms with Crippen molar-refractivity contribution in [3.8, 4) is 17.1 Å². The number of carbonyl (C=O) groups is 1. The van der Waals surface area contributed by atoms with E-state index in [9.17, 15) is 4.79 Å². The summed E-state index contributed by atoms with van der Waals surface area (Å²) in [5, 5.41) is 4.73. The molecule has 5 rings (SSSR count). The molecular weight excluding hydrogens is 394 g/mol. The molecule has 1 saturated heterocycles. The van der Waals surface area contributed by atoms with Crippen LogP contribution in [0.4, 0.5) is 0 Å². The topological polar surface area (TPSA) is 51.3 Å². The molecule has 2 aromatic carbocycles. The van der Waals surface area contributed by atoms with E-state index in [1.807, 2.05) is 83.4 Å². The minimum Gasteiger partial charge on any atom is -0.460 e. The Kier molecular flexibility index (Phi) is 4.93. The highest BCUT2D eigenvalue weighted by Gasteiger charge is 2.36. The first-order valence-corrected chi connectivity index (χ1v) is 10.9. The van der Waals surface area contributed by atoms with Crippen LogP contribution in [0, 0.1) is 6.92 Å². The third kappa shape index (κ3) is 3.55. The summed E-state index contributed by atoms with van der Waals surface area (Å²) in [5.74, 6) is 2.16. The Bertz CT molecular complexity index is 1170. The smallest absolute Gasteiger partial charge is 0.234 e. The molecule has 0 saturated carbocycles. The summed E-state index contributed by atoms with van der Waals surface area (Å²) in [6, 6.07) is 24.0. The number of hydrogen-bond donors (Lipinski definition) is 0. The molecule has 1 atom stereocenters. The number of nitrogens with zero attached hydrogens (tertiary/aromatic N) is 3. The van der Waals surface area contributed by atoms with Crippen molar-refractivity contribution < 1.29 is 9.21 Å². The standard InChI is InChI=1S/C24H21N3O2S/c1-17-12-13-21(29-17)23-20(15-27(25-23)19-10-6-3-7-11-19)24-26(22(28)16-30-24)14-18-8-4-2-5-9-18/h2-13,15,24H,14,16H2,1H3/t24-/m0/s1. The predicted octanol–water partition coefficient (Wildman–Crippen LogP) is 5.21. The number of benzene rings is 2. The number of aromatic nitrogens is 2. The van der Waals surface area contributed by atoms with Crippen LogP contribution >= 0.6 is 11.8 Å². The van der Waals surface area contributed by atoms with E-state index in [1.165, 1.54) is 0 Å². The summed E-state index contributed by atoms with van der Waals surface area (Å²) in [7, 11) is 0. The minimum absolute atomic E-state index is 0.115. The molecule has 0 spiro atoms. The summed E-state index contributed by atoms with van der Waals surface area (Å²) in [6.45, 7) is 2.50. The van der Waals surface area contributed by atoms with Crippen molar-refractivity contribution in [3.05, 3.63) is 95.9 Å². The molecule has 0 unspecified atom stereocenters. The SMILES string of the molecule is Cc1ccc(-c2nn(-c3ccccc3)cc2[C@@H]2SCC(=O)N2Cc2ccccc2)o1. The van der Waals surface area contributed by atoms with Gasteiger partial charge in [-0.2, -0.15) is 5.10 Å². The van der Waals surface area contributed by atoms with Gasteiger partial charge < -0.3 is 9.32 Å². The number of furan rings is 1. The Hall–Kier alpha value is -3.25. The average molecular weight is 416 g/mol. The molecule has 6 heteroatoms. The Morgan fingerprint density at radius 3 is 2.47 bits per heavy atom. The molecule has 1 fully saturated rings. The molecule has 0 radical (unpaired) electrons. The van der Waals surface area contributed by atoms with Crippen molar-refractivity contribution >= 4 is 17.7 Å². The maximum absolute atomic E-state index is 12.7. The highest BCUT2D eigenvalue weighted by molar-refractivity contribution is 8.00. The summed E-state index contributed by atoms with van der Waals surface area (Å²) in [6.07, 6.45) is 2.02. The first kappa shape index (κ1) is 18.8. The van der Waals surface area contributed by atoms with E-state index in [2.05, 4.69) is 12.1 Å². The van der Waals surface area contributed by atoms with Crippen LogP contribution in [-0.2, 0) is 11.3 Å². The van der Waals surface area contributed by atoms with E-state index in [1.54, 1.807) is 11.8 Å². The zero-order valence-corrected chi connectivity index (χ0v) is 17.4. The number of aryl methyl sites for hydroxylation is 1. The van der Waals surface area contributed by atoms with E-state index < -0.39 is 0 Å². The number of amides is 1. The van der Waals surface area contributed by atoms with Crippen molar-refractivity contribution in [1.29, 1.82) is 0 Å². The number of rotatable bonds is 5. The van der Waals surface area contributed by atoms with Crippen LogP contribution in [-0.4, -0.2) is 26.3 Å². The van der Waals surface area contributed by atoms with Crippen molar-refractivity contribution in [2.45, 2.75) is 18.8 Å². The monoisotopic (exact) mass is 415 g/mol. The first-order chi connectivity index (χ1) is 14.7. The van der Waals surface area contributed by atoms with Gasteiger partial charge in [-0.15, -0.1) is 11.8 Å². The van der Waals surface area contributed by atoms with E-state index >= 15 is 0 Å². The van der Waals surface area contributed by atoms with E-state index in [0.717, 1.165) is 34.0 Å². The van der Waals surface area contributed by atoms with Crippen molar-refractivity contribution in [3.63, 3.8) is 0 Å². The normalized spacial score (nSPS) is 16.4. The highest BCUT2D eigenvalue weighted by Crippen LogP contribution is 2.43. The van der Waals surface area contributed by atoms with Gasteiger partial charge in [0.15, 0.2) is 5.76 Å². The number of para-hydroxylation sites is 1. The summed E-state index contributed by atoms with van der Waals surface area (Å²) >= 11 is 1.64. The van der Waals surface area contributed by atoms with Crippen LogP contribution in [0.1, 0.15) is 22.3 Å². The van der Waals surface area contributed by atoms with Gasteiger partial charge >= 0.3 is 0 Å². The number of carbonyl (C=O) groups excluding carboxylic acids is 1. The molecule has 30 heavy (non-hydrogen) atoms. The lowest BCUT2D eigenvalue weighted by Crippen LogP contribution is -2.27. The first-order valence-electron chi connectivity index (χ1n) is 9.86. The second-order valence-corrected chi connectivity index (χ2v) is 8.36. The van der Waals surface area contributed by atoms with Crippen LogP contribution in [0.15, 0.2) is 83.4 Å². The van der Waals surface area contributed by atoms with Crippen LogP contribution < -0.4 is 0 Å². The third-order valence-electron chi connectivity index (χ3n) is 5.17. The zero-order valence-electron chi connectivity index (χ0n) is 16.6. The second kappa shape index (κ2) is 7.88. The molecule has 2 aromatic heterocycles. The Balaban J connectivity index is 1.58. The van der Waals surface area contributed by atoms with Crippen molar-refractivity contribution in [1.82, 2.24) is 14.7 Å². The van der Waals surface area contributed by atoms with Gasteiger partial charge in [0.1, 0.15) is 16.8 Å². The average Bonchev–Trinajstić information content (AvgIpc) is 3.49. The molecule has 3 heterocycles. The van der Waals surface area contributed by atoms with Gasteiger partial charge in [0.25, 0.3) is 0 Å². The summed E-state index contributed by atoms with van der Waals surface area (Å²) in [4.78, 5) is 14.7. The molecule has 1 amide bonds. The summed E-state index contributed by atoms with van der Waals surface area (Å²) < 4.78 is 7.78. The second-order valence-electron chi connectivity index (χ2n) is 7.29. The molecule has 4 aromatic rings. The lowest BCUT2D eigenvalue weighted by molar-refractivity contribution is -0.128. The molecule has 1 aliphatic rings. The fourth-order valence-electron chi connectivity index (χ4n) is 3.70. The van der Waals surface area contributed by atoms with Gasteiger partial charge in [0, 0.05) is 18.3 Å². The summed E-state index contributed by atoms with van der Waals surface area (Å²) in [5.41, 5.74) is 3.85. The molecular formula is C24H21N3O2S. The molecule has 150 valence electrons. The molecule has 0 aliphatic carbocycles. The van der Waals surface area contributed by atoms with Crippen molar-refractivity contribution in [2.24, 2.45) is 0 Å². The highest BCUT2D eigenvalue weighted by atomic mass is 32.2. The number of thioether (sulfide) groups is 1. The third-order valence-corrected chi connectivity index (χ3v) is 6.40. The largest absolute Gasteiger partial charge is 0.460 e. The van der Waals surface area contributed by atoms with Gasteiger partial charge in [-0.05, 0) is 36.8 Å². The molecule has 5 nitrogen and oxygen atoms in total. The molecule has 0 N–H and O–H groups in total. The zero-order chi connectivity index (χ0) is 20.5. The van der Waals surface area contributed by atoms with Gasteiger partial charge in [0.05, 0.1) is 11.4 Å². The molecule has 0 bridgehead atoms. The Labute approximate surface area is 179 Å². The van der Waals surface area contributed by atoms with E-state index in [4.69, 9.17) is 9.52 Å². The van der Waals surface area contributed by atoms with Crippen molar-refractivity contribution in [2.75, 3.05) is 5.75 Å². The lowest BCUT2D eigenvalue weighted by Gasteiger charge is -2.23.